The number of carbonyl (C=O) groups excluding carboxylic acids is 1. The van der Waals surface area contributed by atoms with E-state index in [2.05, 4.69) is 15.2 Å². The van der Waals surface area contributed by atoms with Gasteiger partial charge in [-0.2, -0.15) is 0 Å². The average Bonchev–Trinajstić information content (AvgIpc) is 3.08. The molecule has 4 rings (SSSR count). The second-order valence-electron chi connectivity index (χ2n) is 6.93. The van der Waals surface area contributed by atoms with Crippen LogP contribution in [0.1, 0.15) is 53.0 Å². The van der Waals surface area contributed by atoms with Gasteiger partial charge in [-0.1, -0.05) is 12.8 Å². The fourth-order valence-corrected chi connectivity index (χ4v) is 5.01. The summed E-state index contributed by atoms with van der Waals surface area (Å²) in [7, 11) is 0. The standard InChI is InChI=1S/C18H24N4O2S/c23-16(19-8-11-21-9-3-1-2-4-10-21)13-12-20-18-22(17(13)24)14-6-5-7-15(14)25-18/h12H,1-11H2,(H,19,23). The van der Waals surface area contributed by atoms with E-state index in [9.17, 15) is 9.59 Å². The van der Waals surface area contributed by atoms with Gasteiger partial charge in [-0.3, -0.25) is 14.0 Å². The van der Waals surface area contributed by atoms with E-state index < -0.39 is 0 Å². The number of aromatic nitrogens is 2. The Morgan fingerprint density at radius 2 is 1.96 bits per heavy atom. The molecule has 0 radical (unpaired) electrons. The van der Waals surface area contributed by atoms with E-state index in [1.54, 1.807) is 15.7 Å². The number of carbonyl (C=O) groups is 1. The number of aryl methyl sites for hydroxylation is 2. The second-order valence-corrected chi connectivity index (χ2v) is 7.99. The number of rotatable bonds is 4. The first-order chi connectivity index (χ1) is 12.2. The molecule has 0 aromatic carbocycles. The molecular weight excluding hydrogens is 336 g/mol. The summed E-state index contributed by atoms with van der Waals surface area (Å²) in [5, 5.41) is 2.90. The van der Waals surface area contributed by atoms with Crippen molar-refractivity contribution in [1.29, 1.82) is 0 Å². The molecule has 0 saturated carbocycles. The summed E-state index contributed by atoms with van der Waals surface area (Å²) in [6.07, 6.45) is 9.50. The van der Waals surface area contributed by atoms with E-state index in [0.29, 0.717) is 11.5 Å². The molecular formula is C18H24N4O2S. The number of fused-ring (bicyclic) bond motifs is 3. The van der Waals surface area contributed by atoms with Gasteiger partial charge < -0.3 is 10.2 Å². The van der Waals surface area contributed by atoms with E-state index in [1.165, 1.54) is 36.8 Å². The summed E-state index contributed by atoms with van der Waals surface area (Å²) in [5.41, 5.74) is 0.981. The number of likely N-dealkylation sites (tertiary alicyclic amines) is 1. The van der Waals surface area contributed by atoms with Gasteiger partial charge in [-0.05, 0) is 45.2 Å². The second kappa shape index (κ2) is 7.25. The topological polar surface area (TPSA) is 66.7 Å². The summed E-state index contributed by atoms with van der Waals surface area (Å²) in [6.45, 7) is 3.62. The summed E-state index contributed by atoms with van der Waals surface area (Å²) in [6, 6.07) is 0. The molecule has 1 N–H and O–H groups in total. The third kappa shape index (κ3) is 3.35. The van der Waals surface area contributed by atoms with Crippen LogP contribution in [0.2, 0.25) is 0 Å². The van der Waals surface area contributed by atoms with Gasteiger partial charge in [0.1, 0.15) is 5.56 Å². The number of nitrogens with zero attached hydrogens (tertiary/aromatic N) is 3. The molecule has 1 aliphatic heterocycles. The molecule has 2 aromatic heterocycles. The van der Waals surface area contributed by atoms with Crippen LogP contribution in [0.15, 0.2) is 11.0 Å². The van der Waals surface area contributed by atoms with Crippen LogP contribution >= 0.6 is 11.3 Å². The zero-order valence-electron chi connectivity index (χ0n) is 14.4. The van der Waals surface area contributed by atoms with Crippen LogP contribution in [0, 0.1) is 0 Å². The third-order valence-corrected chi connectivity index (χ3v) is 6.37. The zero-order chi connectivity index (χ0) is 17.2. The molecule has 2 aromatic rings. The molecule has 2 aliphatic rings. The Labute approximate surface area is 150 Å². The molecule has 0 spiro atoms. The molecule has 0 bridgehead atoms. The van der Waals surface area contributed by atoms with Crippen molar-refractivity contribution in [2.24, 2.45) is 0 Å². The van der Waals surface area contributed by atoms with Crippen LogP contribution in [0.4, 0.5) is 0 Å². The van der Waals surface area contributed by atoms with Gasteiger partial charge in [0.15, 0.2) is 4.96 Å². The lowest BCUT2D eigenvalue weighted by Crippen LogP contribution is -2.37. The fourth-order valence-electron chi connectivity index (χ4n) is 3.85. The van der Waals surface area contributed by atoms with Crippen molar-refractivity contribution in [2.45, 2.75) is 44.9 Å². The SMILES string of the molecule is O=C(NCCN1CCCCCC1)c1cnc2sc3c(n2c1=O)CCC3. The largest absolute Gasteiger partial charge is 0.351 e. The lowest BCUT2D eigenvalue weighted by atomic mass is 10.2. The van der Waals surface area contributed by atoms with Gasteiger partial charge in [-0.25, -0.2) is 4.98 Å². The predicted molar refractivity (Wildman–Crippen MR) is 98.6 cm³/mol. The molecule has 1 amide bonds. The Bertz CT molecular complexity index is 833. The summed E-state index contributed by atoms with van der Waals surface area (Å²) in [5.74, 6) is -0.306. The molecule has 1 aliphatic carbocycles. The normalized spacial score (nSPS) is 18.2. The highest BCUT2D eigenvalue weighted by Gasteiger charge is 2.22. The van der Waals surface area contributed by atoms with Crippen molar-refractivity contribution in [3.05, 3.63) is 32.7 Å². The number of amides is 1. The van der Waals surface area contributed by atoms with Crippen LogP contribution in [-0.2, 0) is 12.8 Å². The molecule has 7 heteroatoms. The highest BCUT2D eigenvalue weighted by atomic mass is 32.1. The first kappa shape index (κ1) is 16.7. The highest BCUT2D eigenvalue weighted by Crippen LogP contribution is 2.28. The van der Waals surface area contributed by atoms with Crippen molar-refractivity contribution < 1.29 is 4.79 Å². The lowest BCUT2D eigenvalue weighted by Gasteiger charge is -2.19. The Kier molecular flexibility index (Phi) is 4.85. The van der Waals surface area contributed by atoms with Crippen LogP contribution in [0.25, 0.3) is 4.96 Å². The Morgan fingerprint density at radius 3 is 2.76 bits per heavy atom. The lowest BCUT2D eigenvalue weighted by molar-refractivity contribution is 0.0946. The fraction of sp³-hybridized carbons (Fsp3) is 0.611. The highest BCUT2D eigenvalue weighted by molar-refractivity contribution is 7.17. The van der Waals surface area contributed by atoms with E-state index in [0.717, 1.165) is 44.6 Å². The molecule has 1 saturated heterocycles. The van der Waals surface area contributed by atoms with E-state index >= 15 is 0 Å². The summed E-state index contributed by atoms with van der Waals surface area (Å²) >= 11 is 1.57. The van der Waals surface area contributed by atoms with Gasteiger partial charge in [0.05, 0.1) is 0 Å². The van der Waals surface area contributed by atoms with Crippen molar-refractivity contribution in [2.75, 3.05) is 26.2 Å². The first-order valence-electron chi connectivity index (χ1n) is 9.27. The van der Waals surface area contributed by atoms with Crippen molar-refractivity contribution in [3.8, 4) is 0 Å². The van der Waals surface area contributed by atoms with Gasteiger partial charge >= 0.3 is 0 Å². The van der Waals surface area contributed by atoms with Crippen LogP contribution in [0.5, 0.6) is 0 Å². The minimum atomic E-state index is -0.306. The molecule has 134 valence electrons. The molecule has 0 unspecified atom stereocenters. The van der Waals surface area contributed by atoms with Gasteiger partial charge in [-0.15, -0.1) is 11.3 Å². The average molecular weight is 360 g/mol. The van der Waals surface area contributed by atoms with E-state index in [1.807, 2.05) is 0 Å². The van der Waals surface area contributed by atoms with Crippen molar-refractivity contribution >= 4 is 22.2 Å². The summed E-state index contributed by atoms with van der Waals surface area (Å²) in [4.78, 5) is 33.9. The maximum Gasteiger partial charge on any atom is 0.271 e. The van der Waals surface area contributed by atoms with Crippen LogP contribution in [0.3, 0.4) is 0 Å². The van der Waals surface area contributed by atoms with Gasteiger partial charge in [0.2, 0.25) is 0 Å². The number of nitrogens with one attached hydrogen (secondary N) is 1. The molecule has 25 heavy (non-hydrogen) atoms. The van der Waals surface area contributed by atoms with Crippen molar-refractivity contribution in [1.82, 2.24) is 19.6 Å². The smallest absolute Gasteiger partial charge is 0.271 e. The minimum absolute atomic E-state index is 0.154. The quantitative estimate of drug-likeness (QED) is 0.904. The number of hydrogen-bond donors (Lipinski definition) is 1. The third-order valence-electron chi connectivity index (χ3n) is 5.21. The summed E-state index contributed by atoms with van der Waals surface area (Å²) < 4.78 is 1.65. The molecule has 1 fully saturated rings. The maximum atomic E-state index is 12.8. The van der Waals surface area contributed by atoms with E-state index in [-0.39, 0.29) is 17.0 Å². The minimum Gasteiger partial charge on any atom is -0.351 e. The van der Waals surface area contributed by atoms with E-state index in [4.69, 9.17) is 0 Å². The number of hydrogen-bond acceptors (Lipinski definition) is 5. The van der Waals surface area contributed by atoms with Crippen LogP contribution < -0.4 is 10.9 Å². The Hall–Kier alpha value is -1.73. The van der Waals surface area contributed by atoms with Gasteiger partial charge in [0.25, 0.3) is 11.5 Å². The van der Waals surface area contributed by atoms with Crippen molar-refractivity contribution in [3.63, 3.8) is 0 Å². The monoisotopic (exact) mass is 360 g/mol. The molecule has 6 nitrogen and oxygen atoms in total. The van der Waals surface area contributed by atoms with Gasteiger partial charge in [0, 0.05) is 29.9 Å². The Balaban J connectivity index is 1.45. The maximum absolute atomic E-state index is 12.8. The predicted octanol–water partition coefficient (Wildman–Crippen LogP) is 1.85. The number of thiazole rings is 1. The van der Waals surface area contributed by atoms with Crippen LogP contribution in [-0.4, -0.2) is 46.4 Å². The zero-order valence-corrected chi connectivity index (χ0v) is 15.2. The Morgan fingerprint density at radius 1 is 1.16 bits per heavy atom. The molecule has 0 atom stereocenters. The first-order valence-corrected chi connectivity index (χ1v) is 10.1. The molecule has 3 heterocycles.